The first-order valence-corrected chi connectivity index (χ1v) is 8.26. The van der Waals surface area contributed by atoms with Crippen molar-refractivity contribution in [3.05, 3.63) is 60.6 Å². The van der Waals surface area contributed by atoms with E-state index >= 15 is 0 Å². The topological polar surface area (TPSA) is 121 Å². The number of nitrogens with one attached hydrogen (secondary N) is 1. The maximum atomic E-state index is 13.9. The summed E-state index contributed by atoms with van der Waals surface area (Å²) in [6.07, 6.45) is 3.00. The second-order valence-electron chi connectivity index (χ2n) is 6.01. The summed E-state index contributed by atoms with van der Waals surface area (Å²) < 4.78 is 15.7. The van der Waals surface area contributed by atoms with Gasteiger partial charge in [0, 0.05) is 12.3 Å². The Morgan fingerprint density at radius 2 is 1.96 bits per heavy atom. The van der Waals surface area contributed by atoms with E-state index in [9.17, 15) is 4.39 Å². The zero-order valence-electron chi connectivity index (χ0n) is 14.5. The molecule has 0 radical (unpaired) electrons. The molecule has 0 aliphatic rings. The lowest BCUT2D eigenvalue weighted by atomic mass is 10.3. The van der Waals surface area contributed by atoms with Crippen LogP contribution in [0.25, 0.3) is 16.9 Å². The predicted molar refractivity (Wildman–Crippen MR) is 102 cm³/mol. The van der Waals surface area contributed by atoms with Crippen molar-refractivity contribution < 1.29 is 4.39 Å². The lowest BCUT2D eigenvalue weighted by Crippen LogP contribution is -2.16. The maximum absolute atomic E-state index is 13.9. The van der Waals surface area contributed by atoms with Gasteiger partial charge >= 0.3 is 0 Å². The molecule has 8 nitrogen and oxygen atoms in total. The molecule has 0 aliphatic heterocycles. The van der Waals surface area contributed by atoms with Crippen LogP contribution in [0, 0.1) is 5.82 Å². The molecule has 136 valence electrons. The molecule has 1 atom stereocenters. The number of nitrogens with zero attached hydrogens (tertiary/aromatic N) is 5. The molecule has 4 aromatic rings. The Kier molecular flexibility index (Phi) is 4.03. The van der Waals surface area contributed by atoms with E-state index < -0.39 is 0 Å². The molecule has 3 aromatic heterocycles. The number of fused-ring (bicyclic) bond motifs is 1. The standard InChI is InChI=1S/C18H17FN8/c1-10(25-17-15(20)16(21)23-9-24-17)18-26-12-6-5-11(19)8-13(12)27(18)14-4-2-3-7-22-14/h2-10H,20H2,1H3,(H3,21,23,24,25)/t10-/m1/s1. The Morgan fingerprint density at radius 3 is 2.74 bits per heavy atom. The van der Waals surface area contributed by atoms with Crippen LogP contribution in [0.5, 0.6) is 0 Å². The third kappa shape index (κ3) is 2.99. The minimum absolute atomic E-state index is 0.194. The average molecular weight is 364 g/mol. The lowest BCUT2D eigenvalue weighted by Gasteiger charge is -2.17. The molecule has 0 spiro atoms. The number of aromatic nitrogens is 5. The summed E-state index contributed by atoms with van der Waals surface area (Å²) in [6.45, 7) is 1.90. The molecule has 1 aromatic carbocycles. The number of anilines is 3. The molecular weight excluding hydrogens is 347 g/mol. The third-order valence-corrected chi connectivity index (χ3v) is 4.18. The van der Waals surface area contributed by atoms with E-state index in [1.165, 1.54) is 18.5 Å². The van der Waals surface area contributed by atoms with Gasteiger partial charge in [-0.05, 0) is 31.2 Å². The molecule has 0 unspecified atom stereocenters. The molecule has 3 heterocycles. The fourth-order valence-electron chi connectivity index (χ4n) is 2.88. The van der Waals surface area contributed by atoms with E-state index in [1.54, 1.807) is 16.8 Å². The van der Waals surface area contributed by atoms with E-state index in [2.05, 4.69) is 25.3 Å². The molecule has 0 saturated heterocycles. The number of benzene rings is 1. The third-order valence-electron chi connectivity index (χ3n) is 4.18. The van der Waals surface area contributed by atoms with E-state index in [-0.39, 0.29) is 23.4 Å². The summed E-state index contributed by atoms with van der Waals surface area (Å²) in [6, 6.07) is 9.64. The van der Waals surface area contributed by atoms with Crippen LogP contribution < -0.4 is 16.8 Å². The van der Waals surface area contributed by atoms with Gasteiger partial charge in [0.25, 0.3) is 0 Å². The van der Waals surface area contributed by atoms with Gasteiger partial charge < -0.3 is 16.8 Å². The first-order valence-electron chi connectivity index (χ1n) is 8.26. The highest BCUT2D eigenvalue weighted by Crippen LogP contribution is 2.29. The molecule has 0 aliphatic carbocycles. The lowest BCUT2D eigenvalue weighted by molar-refractivity contribution is 0.629. The van der Waals surface area contributed by atoms with Crippen molar-refractivity contribution in [2.45, 2.75) is 13.0 Å². The maximum Gasteiger partial charge on any atom is 0.155 e. The molecule has 0 fully saturated rings. The zero-order chi connectivity index (χ0) is 19.0. The fraction of sp³-hybridized carbons (Fsp3) is 0.111. The Labute approximate surface area is 154 Å². The van der Waals surface area contributed by atoms with Crippen LogP contribution in [-0.2, 0) is 0 Å². The van der Waals surface area contributed by atoms with Gasteiger partial charge in [-0.1, -0.05) is 6.07 Å². The smallest absolute Gasteiger partial charge is 0.155 e. The number of hydrogen-bond donors (Lipinski definition) is 3. The minimum Gasteiger partial charge on any atom is -0.393 e. The van der Waals surface area contributed by atoms with Crippen molar-refractivity contribution in [2.24, 2.45) is 0 Å². The van der Waals surface area contributed by atoms with E-state index in [4.69, 9.17) is 11.5 Å². The van der Waals surface area contributed by atoms with E-state index in [1.807, 2.05) is 25.1 Å². The van der Waals surface area contributed by atoms with Gasteiger partial charge in [-0.3, -0.25) is 4.57 Å². The van der Waals surface area contributed by atoms with E-state index in [0.29, 0.717) is 28.5 Å². The highest BCUT2D eigenvalue weighted by Gasteiger charge is 2.20. The normalized spacial score (nSPS) is 12.2. The molecule has 0 saturated carbocycles. The second-order valence-corrected chi connectivity index (χ2v) is 6.01. The molecule has 27 heavy (non-hydrogen) atoms. The largest absolute Gasteiger partial charge is 0.393 e. The average Bonchev–Trinajstić information content (AvgIpc) is 3.05. The summed E-state index contributed by atoms with van der Waals surface area (Å²) in [4.78, 5) is 17.0. The minimum atomic E-state index is -0.348. The van der Waals surface area contributed by atoms with E-state index in [0.717, 1.165) is 0 Å². The van der Waals surface area contributed by atoms with Crippen molar-refractivity contribution in [1.82, 2.24) is 24.5 Å². The highest BCUT2D eigenvalue weighted by molar-refractivity contribution is 5.78. The molecule has 0 bridgehead atoms. The van der Waals surface area contributed by atoms with Gasteiger partial charge in [0.1, 0.15) is 29.5 Å². The fourth-order valence-corrected chi connectivity index (χ4v) is 2.88. The summed E-state index contributed by atoms with van der Waals surface area (Å²) in [5, 5.41) is 3.19. The van der Waals surface area contributed by atoms with Crippen molar-refractivity contribution >= 4 is 28.4 Å². The monoisotopic (exact) mass is 364 g/mol. The summed E-state index contributed by atoms with van der Waals surface area (Å²) >= 11 is 0. The second kappa shape index (κ2) is 6.52. The number of pyridine rings is 1. The van der Waals surface area contributed by atoms with Crippen LogP contribution in [0.4, 0.5) is 21.7 Å². The number of hydrogen-bond acceptors (Lipinski definition) is 7. The zero-order valence-corrected chi connectivity index (χ0v) is 14.5. The van der Waals surface area contributed by atoms with Crippen molar-refractivity contribution in [1.29, 1.82) is 0 Å². The van der Waals surface area contributed by atoms with Gasteiger partial charge in [-0.15, -0.1) is 0 Å². The molecule has 0 amide bonds. The van der Waals surface area contributed by atoms with Crippen LogP contribution in [-0.4, -0.2) is 24.5 Å². The number of halogens is 1. The Hall–Kier alpha value is -3.75. The predicted octanol–water partition coefficient (Wildman–Crippen LogP) is 2.69. The van der Waals surface area contributed by atoms with Crippen LogP contribution in [0.1, 0.15) is 18.8 Å². The summed E-state index contributed by atoms with van der Waals surface area (Å²) in [5.41, 5.74) is 13.2. The van der Waals surface area contributed by atoms with Crippen molar-refractivity contribution in [3.63, 3.8) is 0 Å². The molecule has 4 rings (SSSR count). The summed E-state index contributed by atoms with van der Waals surface area (Å²) in [7, 11) is 0. The Bertz CT molecular complexity index is 1110. The number of nitrogens with two attached hydrogens (primary N) is 2. The van der Waals surface area contributed by atoms with Crippen LogP contribution in [0.3, 0.4) is 0 Å². The van der Waals surface area contributed by atoms with Crippen LogP contribution >= 0.6 is 0 Å². The molecule has 5 N–H and O–H groups in total. The molecular formula is C18H17FN8. The Morgan fingerprint density at radius 1 is 1.11 bits per heavy atom. The first kappa shape index (κ1) is 16.7. The quantitative estimate of drug-likeness (QED) is 0.509. The summed E-state index contributed by atoms with van der Waals surface area (Å²) in [5.74, 6) is 1.51. The van der Waals surface area contributed by atoms with Crippen molar-refractivity contribution in [2.75, 3.05) is 16.8 Å². The number of rotatable bonds is 4. The Balaban J connectivity index is 1.84. The van der Waals surface area contributed by atoms with Gasteiger partial charge in [0.05, 0.1) is 17.1 Å². The SMILES string of the molecule is C[C@@H](Nc1ncnc(N)c1N)c1nc2ccc(F)cc2n1-c1ccccn1. The first-order chi connectivity index (χ1) is 13.0. The van der Waals surface area contributed by atoms with Crippen molar-refractivity contribution in [3.8, 4) is 5.82 Å². The number of imidazole rings is 1. The van der Waals surface area contributed by atoms with Gasteiger partial charge in [0.15, 0.2) is 11.6 Å². The van der Waals surface area contributed by atoms with Crippen LogP contribution in [0.15, 0.2) is 48.9 Å². The van der Waals surface area contributed by atoms with Gasteiger partial charge in [0.2, 0.25) is 0 Å². The van der Waals surface area contributed by atoms with Gasteiger partial charge in [-0.2, -0.15) is 0 Å². The molecule has 9 heteroatoms. The number of nitrogen functional groups attached to an aromatic ring is 2. The highest BCUT2D eigenvalue weighted by atomic mass is 19.1. The van der Waals surface area contributed by atoms with Crippen LogP contribution in [0.2, 0.25) is 0 Å². The van der Waals surface area contributed by atoms with Gasteiger partial charge in [-0.25, -0.2) is 24.3 Å².